The highest BCUT2D eigenvalue weighted by Crippen LogP contribution is 2.18. The lowest BCUT2D eigenvalue weighted by Gasteiger charge is -2.23. The maximum atomic E-state index is 12.7. The number of nitrogens with zero attached hydrogens (tertiary/aromatic N) is 6. The first-order chi connectivity index (χ1) is 24.4. The van der Waals surface area contributed by atoms with Gasteiger partial charge in [-0.25, -0.2) is 9.59 Å². The molecular weight excluding hydrogens is 648 g/mol. The maximum Gasteiger partial charge on any atom is 0.348 e. The quantitative estimate of drug-likeness (QED) is 0.104. The van der Waals surface area contributed by atoms with Gasteiger partial charge >= 0.3 is 11.9 Å². The highest BCUT2D eigenvalue weighted by molar-refractivity contribution is 5.98. The van der Waals surface area contributed by atoms with Crippen molar-refractivity contribution in [3.8, 4) is 12.1 Å². The Balaban J connectivity index is 1.69. The van der Waals surface area contributed by atoms with Crippen molar-refractivity contribution in [2.45, 2.75) is 46.0 Å². The van der Waals surface area contributed by atoms with Crippen LogP contribution < -0.4 is 9.80 Å². The minimum atomic E-state index is -0.642. The number of anilines is 2. The Labute approximate surface area is 302 Å². The molecule has 0 saturated carbocycles. The third-order valence-electron chi connectivity index (χ3n) is 8.13. The third kappa shape index (κ3) is 14.4. The molecule has 272 valence electrons. The van der Waals surface area contributed by atoms with E-state index >= 15 is 0 Å². The molecule has 0 atom stereocenters. The Morgan fingerprint density at radius 3 is 1.25 bits per heavy atom. The van der Waals surface area contributed by atoms with Crippen LogP contribution in [0.5, 0.6) is 0 Å². The molecule has 0 fully saturated rings. The summed E-state index contributed by atoms with van der Waals surface area (Å²) < 4.78 is 9.81. The van der Waals surface area contributed by atoms with E-state index in [1.165, 1.54) is 12.2 Å². The van der Waals surface area contributed by atoms with Gasteiger partial charge in [0.2, 0.25) is 11.8 Å². The summed E-state index contributed by atoms with van der Waals surface area (Å²) in [4.78, 5) is 56.6. The molecule has 12 nitrogen and oxygen atoms in total. The lowest BCUT2D eigenvalue weighted by molar-refractivity contribution is -0.138. The van der Waals surface area contributed by atoms with E-state index < -0.39 is 11.9 Å². The van der Waals surface area contributed by atoms with E-state index in [1.54, 1.807) is 37.7 Å². The first kappa shape index (κ1) is 41.6. The summed E-state index contributed by atoms with van der Waals surface area (Å²) in [6, 6.07) is 18.7. The molecule has 51 heavy (non-hydrogen) atoms. The lowest BCUT2D eigenvalue weighted by atomic mass is 10.1. The highest BCUT2D eigenvalue weighted by Gasteiger charge is 2.14. The predicted molar refractivity (Wildman–Crippen MR) is 198 cm³/mol. The SMILES string of the molecule is CCOC(=O)/C(C#N)=C/c1ccc(N(C)CCCN(C)C(=O)CCCC(=O)N(C)CCCN(C)c2ccc(/C=C(\C#N)C(=O)OCC)cc2)cc1. The van der Waals surface area contributed by atoms with Crippen molar-refractivity contribution in [2.24, 2.45) is 0 Å². The van der Waals surface area contributed by atoms with Crippen LogP contribution in [-0.4, -0.2) is 101 Å². The van der Waals surface area contributed by atoms with Gasteiger partial charge in [-0.3, -0.25) is 9.59 Å². The number of carbonyl (C=O) groups excluding carboxylic acids is 4. The second-order valence-corrected chi connectivity index (χ2v) is 12.0. The van der Waals surface area contributed by atoms with Crippen molar-refractivity contribution in [1.29, 1.82) is 10.5 Å². The second-order valence-electron chi connectivity index (χ2n) is 12.0. The number of rotatable bonds is 20. The van der Waals surface area contributed by atoms with Crippen molar-refractivity contribution in [2.75, 3.05) is 77.4 Å². The number of hydrogen-bond donors (Lipinski definition) is 0. The molecule has 2 aromatic carbocycles. The smallest absolute Gasteiger partial charge is 0.348 e. The van der Waals surface area contributed by atoms with Crippen LogP contribution in [-0.2, 0) is 28.7 Å². The van der Waals surface area contributed by atoms with Gasteiger partial charge in [0.1, 0.15) is 23.3 Å². The molecule has 0 unspecified atom stereocenters. The number of hydrogen-bond acceptors (Lipinski definition) is 10. The van der Waals surface area contributed by atoms with Gasteiger partial charge in [-0.1, -0.05) is 24.3 Å². The molecule has 0 aliphatic rings. The molecular formula is C39H50N6O6. The molecule has 0 heterocycles. The van der Waals surface area contributed by atoms with E-state index in [2.05, 4.69) is 9.80 Å². The summed E-state index contributed by atoms with van der Waals surface area (Å²) in [6.07, 6.45) is 5.63. The molecule has 0 aromatic heterocycles. The van der Waals surface area contributed by atoms with Crippen LogP contribution in [0, 0.1) is 22.7 Å². The van der Waals surface area contributed by atoms with Crippen LogP contribution in [0.4, 0.5) is 11.4 Å². The van der Waals surface area contributed by atoms with Crippen LogP contribution in [0.2, 0.25) is 0 Å². The summed E-state index contributed by atoms with van der Waals surface area (Å²) in [5, 5.41) is 18.5. The van der Waals surface area contributed by atoms with Crippen molar-refractivity contribution < 1.29 is 28.7 Å². The highest BCUT2D eigenvalue weighted by atomic mass is 16.5. The monoisotopic (exact) mass is 698 g/mol. The molecule has 0 N–H and O–H groups in total. The van der Waals surface area contributed by atoms with Gasteiger partial charge in [-0.15, -0.1) is 0 Å². The average Bonchev–Trinajstić information content (AvgIpc) is 3.12. The topological polar surface area (TPSA) is 147 Å². The van der Waals surface area contributed by atoms with Crippen LogP contribution >= 0.6 is 0 Å². The van der Waals surface area contributed by atoms with E-state index in [9.17, 15) is 29.7 Å². The Morgan fingerprint density at radius 1 is 0.588 bits per heavy atom. The van der Waals surface area contributed by atoms with E-state index in [1.807, 2.05) is 74.8 Å². The summed E-state index contributed by atoms with van der Waals surface area (Å²) in [5.74, 6) is -1.27. The van der Waals surface area contributed by atoms with Gasteiger partial charge in [0.25, 0.3) is 0 Å². The largest absolute Gasteiger partial charge is 0.462 e. The summed E-state index contributed by atoms with van der Waals surface area (Å²) in [7, 11) is 7.49. The molecule has 0 bridgehead atoms. The molecule has 0 aliphatic heterocycles. The molecule has 2 aromatic rings. The zero-order chi connectivity index (χ0) is 37.8. The van der Waals surface area contributed by atoms with Gasteiger partial charge in [0.15, 0.2) is 0 Å². The molecule has 0 radical (unpaired) electrons. The van der Waals surface area contributed by atoms with Crippen LogP contribution in [0.25, 0.3) is 12.2 Å². The standard InChI is InChI=1S/C39H50N6O6/c1-7-50-38(48)32(28-40)26-30-14-18-34(19-15-30)42(3)22-10-24-44(5)36(46)12-9-13-37(47)45(6)25-11-23-43(4)35-20-16-31(17-21-35)27-33(29-41)39(49)51-8-2/h14-21,26-27H,7-13,22-25H2,1-6H3/b32-26+,33-27+. The fraction of sp³-hybridized carbons (Fsp3) is 0.436. The Kier molecular flexibility index (Phi) is 18.1. The van der Waals surface area contributed by atoms with Crippen LogP contribution in [0.3, 0.4) is 0 Å². The van der Waals surface area contributed by atoms with E-state index in [4.69, 9.17) is 9.47 Å². The second kappa shape index (κ2) is 22.2. The Bertz CT molecular complexity index is 1480. The van der Waals surface area contributed by atoms with Crippen molar-refractivity contribution in [1.82, 2.24) is 9.80 Å². The third-order valence-corrected chi connectivity index (χ3v) is 8.13. The summed E-state index contributed by atoms with van der Waals surface area (Å²) in [5.41, 5.74) is 3.28. The number of benzene rings is 2. The van der Waals surface area contributed by atoms with Crippen molar-refractivity contribution in [3.63, 3.8) is 0 Å². The van der Waals surface area contributed by atoms with E-state index in [0.717, 1.165) is 48.4 Å². The molecule has 2 amide bonds. The van der Waals surface area contributed by atoms with Crippen LogP contribution in [0.1, 0.15) is 57.1 Å². The van der Waals surface area contributed by atoms with Crippen molar-refractivity contribution in [3.05, 3.63) is 70.8 Å². The average molecular weight is 699 g/mol. The number of esters is 2. The van der Waals surface area contributed by atoms with Gasteiger partial charge in [0, 0.05) is 78.6 Å². The molecule has 2 rings (SSSR count). The number of amides is 2. The number of nitriles is 2. The van der Waals surface area contributed by atoms with Crippen LogP contribution in [0.15, 0.2) is 59.7 Å². The predicted octanol–water partition coefficient (Wildman–Crippen LogP) is 5.07. The van der Waals surface area contributed by atoms with Crippen molar-refractivity contribution >= 4 is 47.3 Å². The minimum Gasteiger partial charge on any atom is -0.462 e. The zero-order valence-corrected chi connectivity index (χ0v) is 30.7. The van der Waals surface area contributed by atoms with E-state index in [-0.39, 0.29) is 36.2 Å². The summed E-state index contributed by atoms with van der Waals surface area (Å²) in [6.45, 7) is 6.40. The fourth-order valence-corrected chi connectivity index (χ4v) is 5.05. The molecule has 12 heteroatoms. The van der Waals surface area contributed by atoms with Gasteiger partial charge in [-0.2, -0.15) is 10.5 Å². The number of ether oxygens (including phenoxy) is 2. The normalized spacial score (nSPS) is 11.1. The van der Waals surface area contributed by atoms with Gasteiger partial charge in [-0.05, 0) is 80.7 Å². The number of carbonyl (C=O) groups is 4. The minimum absolute atomic E-state index is 0.00650. The maximum absolute atomic E-state index is 12.7. The van der Waals surface area contributed by atoms with E-state index in [0.29, 0.717) is 32.4 Å². The Morgan fingerprint density at radius 2 is 0.941 bits per heavy atom. The molecule has 0 aliphatic carbocycles. The first-order valence-corrected chi connectivity index (χ1v) is 17.1. The Hall–Kier alpha value is -5.62. The summed E-state index contributed by atoms with van der Waals surface area (Å²) >= 11 is 0. The van der Waals surface area contributed by atoms with Gasteiger partial charge in [0.05, 0.1) is 13.2 Å². The molecule has 0 spiro atoms. The zero-order valence-electron chi connectivity index (χ0n) is 30.7. The fourth-order valence-electron chi connectivity index (χ4n) is 5.05. The molecule has 0 saturated heterocycles. The first-order valence-electron chi connectivity index (χ1n) is 17.1. The van der Waals surface area contributed by atoms with Gasteiger partial charge < -0.3 is 29.1 Å². The lowest BCUT2D eigenvalue weighted by Crippen LogP contribution is -2.32.